The fourth-order valence-corrected chi connectivity index (χ4v) is 2.75. The molecule has 0 saturated heterocycles. The number of nitrogens with two attached hydrogens (primary N) is 1. The molecule has 1 aromatic carbocycles. The fourth-order valence-electron chi connectivity index (χ4n) is 2.75. The molecule has 0 aliphatic heterocycles. The van der Waals surface area contributed by atoms with Gasteiger partial charge in [0.15, 0.2) is 5.82 Å². The molecular formula is C15H20FN5. The standard InChI is InChI=1S/C15H20FN5/c1-3-12(7-10-4-5-10)21-15(18-19-20-21)13-8-11(17)6-9(2)14(13)16/h6,8,10,12H,3-5,7,17H2,1-2H3. The maximum atomic E-state index is 14.4. The lowest BCUT2D eigenvalue weighted by Gasteiger charge is -2.17. The summed E-state index contributed by atoms with van der Waals surface area (Å²) in [6.07, 6.45) is 4.54. The molecule has 1 fully saturated rings. The number of hydrogen-bond donors (Lipinski definition) is 1. The summed E-state index contributed by atoms with van der Waals surface area (Å²) in [7, 11) is 0. The van der Waals surface area contributed by atoms with E-state index in [4.69, 9.17) is 5.73 Å². The first-order valence-electron chi connectivity index (χ1n) is 7.44. The Kier molecular flexibility index (Phi) is 3.61. The molecule has 0 spiro atoms. The quantitative estimate of drug-likeness (QED) is 0.859. The number of benzene rings is 1. The average molecular weight is 289 g/mol. The van der Waals surface area contributed by atoms with Gasteiger partial charge < -0.3 is 5.73 Å². The summed E-state index contributed by atoms with van der Waals surface area (Å²) in [5.74, 6) is 0.927. The number of anilines is 1. The maximum Gasteiger partial charge on any atom is 0.185 e. The van der Waals surface area contributed by atoms with Crippen LogP contribution in [0.25, 0.3) is 11.4 Å². The molecular weight excluding hydrogens is 269 g/mol. The SMILES string of the molecule is CCC(CC1CC1)n1nnnc1-c1cc(N)cc(C)c1F. The highest BCUT2D eigenvalue weighted by Crippen LogP contribution is 2.39. The molecule has 0 amide bonds. The van der Waals surface area contributed by atoms with Crippen molar-refractivity contribution in [1.82, 2.24) is 20.2 Å². The molecule has 1 atom stereocenters. The van der Waals surface area contributed by atoms with E-state index in [1.165, 1.54) is 12.8 Å². The second kappa shape index (κ2) is 5.42. The molecule has 5 nitrogen and oxygen atoms in total. The molecule has 0 bridgehead atoms. The monoisotopic (exact) mass is 289 g/mol. The van der Waals surface area contributed by atoms with E-state index in [2.05, 4.69) is 22.4 Å². The zero-order chi connectivity index (χ0) is 15.0. The predicted octanol–water partition coefficient (Wildman–Crippen LogP) is 3.12. The molecule has 1 aliphatic rings. The third kappa shape index (κ3) is 2.75. The van der Waals surface area contributed by atoms with Crippen LogP contribution in [-0.4, -0.2) is 20.2 Å². The molecule has 1 heterocycles. The summed E-state index contributed by atoms with van der Waals surface area (Å²) in [4.78, 5) is 0. The second-order valence-corrected chi connectivity index (χ2v) is 5.89. The van der Waals surface area contributed by atoms with Gasteiger partial charge in [-0.3, -0.25) is 0 Å². The molecule has 1 aromatic heterocycles. The Morgan fingerprint density at radius 1 is 1.43 bits per heavy atom. The molecule has 6 heteroatoms. The zero-order valence-electron chi connectivity index (χ0n) is 12.4. The minimum atomic E-state index is -0.304. The molecule has 2 N–H and O–H groups in total. The molecule has 1 unspecified atom stereocenters. The van der Waals surface area contributed by atoms with Crippen LogP contribution in [0.1, 0.15) is 44.2 Å². The van der Waals surface area contributed by atoms with Gasteiger partial charge in [0, 0.05) is 5.69 Å². The lowest BCUT2D eigenvalue weighted by Crippen LogP contribution is -2.13. The van der Waals surface area contributed by atoms with Gasteiger partial charge in [-0.15, -0.1) is 5.10 Å². The van der Waals surface area contributed by atoms with Gasteiger partial charge in [-0.1, -0.05) is 19.8 Å². The van der Waals surface area contributed by atoms with Crippen molar-refractivity contribution in [2.24, 2.45) is 5.92 Å². The highest BCUT2D eigenvalue weighted by Gasteiger charge is 2.28. The highest BCUT2D eigenvalue weighted by atomic mass is 19.1. The number of nitrogen functional groups attached to an aromatic ring is 1. The molecule has 1 aliphatic carbocycles. The Hall–Kier alpha value is -1.98. The van der Waals surface area contributed by atoms with Crippen LogP contribution < -0.4 is 5.73 Å². The van der Waals surface area contributed by atoms with Gasteiger partial charge in [-0.05, 0) is 53.8 Å². The van der Waals surface area contributed by atoms with Crippen molar-refractivity contribution in [3.05, 3.63) is 23.5 Å². The Balaban J connectivity index is 2.01. The van der Waals surface area contributed by atoms with E-state index in [1.807, 2.05) is 0 Å². The third-order valence-electron chi connectivity index (χ3n) is 4.13. The lowest BCUT2D eigenvalue weighted by molar-refractivity contribution is 0.388. The van der Waals surface area contributed by atoms with Crippen LogP contribution in [0.15, 0.2) is 12.1 Å². The first-order valence-corrected chi connectivity index (χ1v) is 7.44. The molecule has 112 valence electrons. The van der Waals surface area contributed by atoms with Crippen LogP contribution in [0.2, 0.25) is 0 Å². The Labute approximate surface area is 123 Å². The summed E-state index contributed by atoms with van der Waals surface area (Å²) in [5.41, 5.74) is 7.25. The summed E-state index contributed by atoms with van der Waals surface area (Å²) < 4.78 is 16.2. The first-order chi connectivity index (χ1) is 10.1. The van der Waals surface area contributed by atoms with Gasteiger partial charge in [-0.2, -0.15) is 0 Å². The Morgan fingerprint density at radius 2 is 2.19 bits per heavy atom. The van der Waals surface area contributed by atoms with Gasteiger partial charge in [0.1, 0.15) is 5.82 Å². The molecule has 21 heavy (non-hydrogen) atoms. The van der Waals surface area contributed by atoms with Crippen LogP contribution in [0, 0.1) is 18.7 Å². The summed E-state index contributed by atoms with van der Waals surface area (Å²) in [6.45, 7) is 3.81. The van der Waals surface area contributed by atoms with Gasteiger partial charge in [-0.25, -0.2) is 9.07 Å². The van der Waals surface area contributed by atoms with Crippen molar-refractivity contribution in [3.8, 4) is 11.4 Å². The maximum absolute atomic E-state index is 14.4. The third-order valence-corrected chi connectivity index (χ3v) is 4.13. The Morgan fingerprint density at radius 3 is 2.86 bits per heavy atom. The van der Waals surface area contributed by atoms with E-state index >= 15 is 0 Å². The van der Waals surface area contributed by atoms with Gasteiger partial charge in [0.25, 0.3) is 0 Å². The summed E-state index contributed by atoms with van der Waals surface area (Å²) in [5, 5.41) is 11.9. The second-order valence-electron chi connectivity index (χ2n) is 5.89. The number of nitrogens with zero attached hydrogens (tertiary/aromatic N) is 4. The van der Waals surface area contributed by atoms with Crippen molar-refractivity contribution in [1.29, 1.82) is 0 Å². The summed E-state index contributed by atoms with van der Waals surface area (Å²) >= 11 is 0. The van der Waals surface area contributed by atoms with E-state index in [0.29, 0.717) is 22.6 Å². The van der Waals surface area contributed by atoms with E-state index < -0.39 is 0 Å². The van der Waals surface area contributed by atoms with Crippen LogP contribution in [0.5, 0.6) is 0 Å². The minimum Gasteiger partial charge on any atom is -0.399 e. The number of tetrazole rings is 1. The average Bonchev–Trinajstić information content (AvgIpc) is 3.15. The van der Waals surface area contributed by atoms with Crippen LogP contribution in [0.3, 0.4) is 0 Å². The van der Waals surface area contributed by atoms with Crippen LogP contribution in [0.4, 0.5) is 10.1 Å². The van der Waals surface area contributed by atoms with E-state index in [0.717, 1.165) is 18.8 Å². The number of hydrogen-bond acceptors (Lipinski definition) is 4. The highest BCUT2D eigenvalue weighted by molar-refractivity contribution is 5.63. The largest absolute Gasteiger partial charge is 0.399 e. The van der Waals surface area contributed by atoms with Crippen LogP contribution in [-0.2, 0) is 0 Å². The van der Waals surface area contributed by atoms with Crippen molar-refractivity contribution in [2.75, 3.05) is 5.73 Å². The number of halogens is 1. The van der Waals surface area contributed by atoms with Gasteiger partial charge >= 0.3 is 0 Å². The fraction of sp³-hybridized carbons (Fsp3) is 0.533. The molecule has 2 aromatic rings. The number of aromatic nitrogens is 4. The van der Waals surface area contributed by atoms with Crippen molar-refractivity contribution < 1.29 is 4.39 Å². The van der Waals surface area contributed by atoms with Crippen molar-refractivity contribution >= 4 is 5.69 Å². The predicted molar refractivity (Wildman–Crippen MR) is 79.0 cm³/mol. The lowest BCUT2D eigenvalue weighted by atomic mass is 10.1. The number of rotatable bonds is 5. The zero-order valence-corrected chi connectivity index (χ0v) is 12.4. The molecule has 0 radical (unpaired) electrons. The Bertz CT molecular complexity index is 648. The van der Waals surface area contributed by atoms with E-state index in [-0.39, 0.29) is 11.9 Å². The molecule has 1 saturated carbocycles. The summed E-state index contributed by atoms with van der Waals surface area (Å²) in [6, 6.07) is 3.44. The minimum absolute atomic E-state index is 0.212. The first kappa shape index (κ1) is 14.0. The van der Waals surface area contributed by atoms with Crippen molar-refractivity contribution in [3.63, 3.8) is 0 Å². The van der Waals surface area contributed by atoms with Gasteiger partial charge in [0.05, 0.1) is 11.6 Å². The normalized spacial score (nSPS) is 16.1. The van der Waals surface area contributed by atoms with E-state index in [1.54, 1.807) is 23.7 Å². The topological polar surface area (TPSA) is 69.6 Å². The van der Waals surface area contributed by atoms with Gasteiger partial charge in [0.2, 0.25) is 0 Å². The molecule has 3 rings (SSSR count). The van der Waals surface area contributed by atoms with E-state index in [9.17, 15) is 4.39 Å². The van der Waals surface area contributed by atoms with Crippen LogP contribution >= 0.6 is 0 Å². The van der Waals surface area contributed by atoms with Crippen molar-refractivity contribution in [2.45, 2.75) is 45.6 Å². The smallest absolute Gasteiger partial charge is 0.185 e. The number of aryl methyl sites for hydroxylation is 1.